The lowest BCUT2D eigenvalue weighted by Crippen LogP contribution is -2.64. The largest absolute Gasteiger partial charge is 0.393 e. The van der Waals surface area contributed by atoms with Crippen LogP contribution in [0.25, 0.3) is 0 Å². The Hall–Kier alpha value is -0.300. The highest BCUT2D eigenvalue weighted by atomic mass is 16.3. The quantitative estimate of drug-likeness (QED) is 0.389. The average Bonchev–Trinajstić information content (AvgIpc) is 2.69. The van der Waals surface area contributed by atoms with E-state index >= 15 is 0 Å². The lowest BCUT2D eigenvalue weighted by molar-refractivity contribution is -0.203. The van der Waals surface area contributed by atoms with Crippen LogP contribution >= 0.6 is 0 Å². The summed E-state index contributed by atoms with van der Waals surface area (Å²) in [5.74, 6) is 3.90. The van der Waals surface area contributed by atoms with E-state index in [4.69, 9.17) is 0 Å². The smallest absolute Gasteiger partial charge is 0.0594 e. The molecule has 1 N–H and O–H groups in total. The minimum Gasteiger partial charge on any atom is -0.393 e. The molecule has 0 radical (unpaired) electrons. The van der Waals surface area contributed by atoms with Crippen LogP contribution in [0.3, 0.4) is 0 Å². The fourth-order valence-corrected chi connectivity index (χ4v) is 10.8. The van der Waals surface area contributed by atoms with Gasteiger partial charge in [-0.3, -0.25) is 0 Å². The SMILES string of the molecule is C[C@@H]1CC[C@]2(C)CC[C@]3(C)C(=CCC4[C@@]5(C)CC[C@@H](O)C(C)(C)C5CC[C@]43C)C2[C@H]1C. The molecule has 0 bridgehead atoms. The van der Waals surface area contributed by atoms with Crippen molar-refractivity contribution < 1.29 is 5.11 Å². The molecule has 4 saturated carbocycles. The van der Waals surface area contributed by atoms with E-state index in [-0.39, 0.29) is 11.5 Å². The number of rotatable bonds is 0. The van der Waals surface area contributed by atoms with Crippen molar-refractivity contribution in [3.63, 3.8) is 0 Å². The summed E-state index contributed by atoms with van der Waals surface area (Å²) in [6.07, 6.45) is 14.5. The molecule has 0 aromatic heterocycles. The average molecular weight is 427 g/mol. The highest BCUT2D eigenvalue weighted by Crippen LogP contribution is 2.75. The Kier molecular flexibility index (Phi) is 4.82. The molecule has 0 heterocycles. The molecule has 0 spiro atoms. The molecule has 0 aliphatic heterocycles. The number of allylic oxidation sites excluding steroid dienone is 2. The third-order valence-corrected chi connectivity index (χ3v) is 13.4. The van der Waals surface area contributed by atoms with Crippen LogP contribution in [-0.2, 0) is 0 Å². The highest BCUT2D eigenvalue weighted by molar-refractivity contribution is 5.33. The Labute approximate surface area is 192 Å². The Bertz CT molecular complexity index is 779. The van der Waals surface area contributed by atoms with E-state index in [2.05, 4.69) is 61.5 Å². The molecule has 31 heavy (non-hydrogen) atoms. The Morgan fingerprint density at radius 2 is 1.52 bits per heavy atom. The number of fused-ring (bicyclic) bond motifs is 7. The Balaban J connectivity index is 1.59. The number of aliphatic hydroxyl groups is 1. The molecule has 176 valence electrons. The van der Waals surface area contributed by atoms with E-state index < -0.39 is 0 Å². The minimum atomic E-state index is -0.125. The van der Waals surface area contributed by atoms with E-state index in [0.717, 1.165) is 30.1 Å². The molecular formula is C30H50O. The van der Waals surface area contributed by atoms with Crippen LogP contribution < -0.4 is 0 Å². The van der Waals surface area contributed by atoms with E-state index in [9.17, 15) is 5.11 Å². The molecule has 5 aliphatic carbocycles. The van der Waals surface area contributed by atoms with Gasteiger partial charge in [0.2, 0.25) is 0 Å². The summed E-state index contributed by atoms with van der Waals surface area (Å²) in [4.78, 5) is 0. The van der Waals surface area contributed by atoms with Gasteiger partial charge in [0.25, 0.3) is 0 Å². The van der Waals surface area contributed by atoms with Gasteiger partial charge < -0.3 is 5.11 Å². The predicted octanol–water partition coefficient (Wildman–Crippen LogP) is 8.02. The summed E-state index contributed by atoms with van der Waals surface area (Å²) in [7, 11) is 0. The van der Waals surface area contributed by atoms with Gasteiger partial charge in [0, 0.05) is 0 Å². The van der Waals surface area contributed by atoms with Crippen molar-refractivity contribution in [2.75, 3.05) is 0 Å². The van der Waals surface area contributed by atoms with Crippen LogP contribution in [0, 0.1) is 56.7 Å². The number of hydrogen-bond acceptors (Lipinski definition) is 1. The fourth-order valence-electron chi connectivity index (χ4n) is 10.8. The lowest BCUT2D eigenvalue weighted by atomic mass is 9.33. The van der Waals surface area contributed by atoms with Crippen molar-refractivity contribution >= 4 is 0 Å². The predicted molar refractivity (Wildman–Crippen MR) is 131 cm³/mol. The summed E-state index contributed by atoms with van der Waals surface area (Å²) in [5.41, 5.74) is 3.60. The van der Waals surface area contributed by atoms with Crippen molar-refractivity contribution in [3.8, 4) is 0 Å². The van der Waals surface area contributed by atoms with Crippen molar-refractivity contribution in [1.29, 1.82) is 0 Å². The first-order chi connectivity index (χ1) is 14.3. The molecule has 0 aromatic rings. The summed E-state index contributed by atoms with van der Waals surface area (Å²) < 4.78 is 0. The van der Waals surface area contributed by atoms with Crippen LogP contribution in [0.2, 0.25) is 0 Å². The zero-order valence-electron chi connectivity index (χ0n) is 21.9. The molecule has 4 fully saturated rings. The second kappa shape index (κ2) is 6.64. The minimum absolute atomic E-state index is 0.0533. The summed E-state index contributed by atoms with van der Waals surface area (Å²) in [5, 5.41) is 10.9. The zero-order valence-corrected chi connectivity index (χ0v) is 21.9. The monoisotopic (exact) mass is 426 g/mol. The molecule has 3 unspecified atom stereocenters. The van der Waals surface area contributed by atoms with E-state index in [1.807, 2.05) is 5.57 Å². The Morgan fingerprint density at radius 3 is 2.23 bits per heavy atom. The van der Waals surface area contributed by atoms with Gasteiger partial charge >= 0.3 is 0 Å². The van der Waals surface area contributed by atoms with Crippen molar-refractivity contribution in [2.24, 2.45) is 56.7 Å². The highest BCUT2D eigenvalue weighted by Gasteiger charge is 2.67. The molecule has 5 aliphatic rings. The molecule has 10 atom stereocenters. The van der Waals surface area contributed by atoms with Crippen LogP contribution in [-0.4, -0.2) is 11.2 Å². The zero-order chi connectivity index (χ0) is 22.6. The topological polar surface area (TPSA) is 20.2 Å². The Morgan fingerprint density at radius 1 is 0.806 bits per heavy atom. The van der Waals surface area contributed by atoms with Gasteiger partial charge in [-0.25, -0.2) is 0 Å². The first kappa shape index (κ1) is 22.5. The van der Waals surface area contributed by atoms with E-state index in [0.29, 0.717) is 27.6 Å². The van der Waals surface area contributed by atoms with Crippen LogP contribution in [0.5, 0.6) is 0 Å². The second-order valence-corrected chi connectivity index (χ2v) is 14.7. The van der Waals surface area contributed by atoms with Crippen molar-refractivity contribution in [1.82, 2.24) is 0 Å². The molecule has 0 saturated heterocycles. The van der Waals surface area contributed by atoms with Crippen molar-refractivity contribution in [3.05, 3.63) is 11.6 Å². The number of aliphatic hydroxyl groups excluding tert-OH is 1. The molecule has 5 rings (SSSR count). The summed E-state index contributed by atoms with van der Waals surface area (Å²) in [6.45, 7) is 20.5. The molecule has 1 nitrogen and oxygen atoms in total. The fraction of sp³-hybridized carbons (Fsp3) is 0.933. The van der Waals surface area contributed by atoms with Gasteiger partial charge in [0.15, 0.2) is 0 Å². The van der Waals surface area contributed by atoms with Crippen LogP contribution in [0.4, 0.5) is 0 Å². The maximum Gasteiger partial charge on any atom is 0.0594 e. The maximum absolute atomic E-state index is 10.9. The van der Waals surface area contributed by atoms with Crippen molar-refractivity contribution in [2.45, 2.75) is 119 Å². The van der Waals surface area contributed by atoms with Crippen LogP contribution in [0.1, 0.15) is 113 Å². The lowest BCUT2D eigenvalue weighted by Gasteiger charge is -2.71. The van der Waals surface area contributed by atoms with Crippen LogP contribution in [0.15, 0.2) is 11.6 Å². The van der Waals surface area contributed by atoms with Gasteiger partial charge in [0.05, 0.1) is 6.10 Å². The summed E-state index contributed by atoms with van der Waals surface area (Å²) >= 11 is 0. The molecule has 0 amide bonds. The first-order valence-corrected chi connectivity index (χ1v) is 13.7. The summed E-state index contributed by atoms with van der Waals surface area (Å²) in [6, 6.07) is 0. The number of hydrogen-bond donors (Lipinski definition) is 1. The van der Waals surface area contributed by atoms with E-state index in [1.54, 1.807) is 0 Å². The van der Waals surface area contributed by atoms with Gasteiger partial charge in [-0.15, -0.1) is 0 Å². The third-order valence-electron chi connectivity index (χ3n) is 13.4. The second-order valence-electron chi connectivity index (χ2n) is 14.7. The van der Waals surface area contributed by atoms with Gasteiger partial charge in [-0.2, -0.15) is 0 Å². The third kappa shape index (κ3) is 2.65. The molecular weight excluding hydrogens is 376 g/mol. The first-order valence-electron chi connectivity index (χ1n) is 13.7. The standard InChI is InChI=1S/C30H50O/c1-19-11-14-27(5)17-18-29(7)21(25(27)20(19)2)9-10-23-28(6)15-13-24(31)26(3,4)22(28)12-16-30(23,29)8/h9,19-20,22-25,31H,10-18H2,1-8H3/t19-,20+,22?,23?,24-,25?,27-,28+,29-,30-/m1/s1. The van der Waals surface area contributed by atoms with Gasteiger partial charge in [-0.05, 0) is 114 Å². The molecule has 0 aromatic carbocycles. The molecule has 1 heteroatoms. The van der Waals surface area contributed by atoms with Gasteiger partial charge in [-0.1, -0.05) is 67.0 Å². The normalized spacial score (nSPS) is 58.3. The van der Waals surface area contributed by atoms with Gasteiger partial charge in [0.1, 0.15) is 0 Å². The van der Waals surface area contributed by atoms with E-state index in [1.165, 1.54) is 51.4 Å². The maximum atomic E-state index is 10.9.